The molecule has 0 bridgehead atoms. The number of hydrogen-bond donors (Lipinski definition) is 1. The van der Waals surface area contributed by atoms with Crippen LogP contribution in [0.1, 0.15) is 18.5 Å². The Hall–Kier alpha value is -0.710. The summed E-state index contributed by atoms with van der Waals surface area (Å²) in [5.41, 5.74) is 0.973. The number of rotatable bonds is 4. The third-order valence-corrected chi connectivity index (χ3v) is 3.29. The summed E-state index contributed by atoms with van der Waals surface area (Å²) in [6.45, 7) is 4.25. The van der Waals surface area contributed by atoms with Gasteiger partial charge in [0.2, 0.25) is 0 Å². The second kappa shape index (κ2) is 6.28. The fraction of sp³-hybridized carbons (Fsp3) is 0.667. The first-order valence-electron chi connectivity index (χ1n) is 6.11. The number of halogens is 1. The van der Waals surface area contributed by atoms with E-state index in [1.54, 1.807) is 6.07 Å². The highest BCUT2D eigenvalue weighted by Gasteiger charge is 2.15. The molecule has 4 nitrogen and oxygen atoms in total. The van der Waals surface area contributed by atoms with Gasteiger partial charge in [0.1, 0.15) is 0 Å². The molecule has 2 rings (SSSR count). The maximum Gasteiger partial charge on any atom is 0.151 e. The Morgan fingerprint density at radius 3 is 3.00 bits per heavy atom. The van der Waals surface area contributed by atoms with Crippen molar-refractivity contribution in [1.29, 1.82) is 0 Å². The van der Waals surface area contributed by atoms with Crippen molar-refractivity contribution in [3.05, 3.63) is 23.0 Å². The molecule has 1 atom stereocenters. The van der Waals surface area contributed by atoms with E-state index < -0.39 is 0 Å². The van der Waals surface area contributed by atoms with Gasteiger partial charge in [-0.3, -0.25) is 0 Å². The Balaban J connectivity index is 1.79. The van der Waals surface area contributed by atoms with Crippen LogP contribution in [0.5, 0.6) is 0 Å². The zero-order valence-electron chi connectivity index (χ0n) is 10.2. The zero-order chi connectivity index (χ0) is 12.1. The first-order chi connectivity index (χ1) is 8.24. The van der Waals surface area contributed by atoms with Crippen molar-refractivity contribution in [2.45, 2.75) is 19.4 Å². The van der Waals surface area contributed by atoms with Crippen LogP contribution in [-0.4, -0.2) is 41.8 Å². The lowest BCUT2D eigenvalue weighted by molar-refractivity contribution is 0.235. The summed E-state index contributed by atoms with van der Waals surface area (Å²) < 4.78 is 0. The molecule has 0 aliphatic carbocycles. The first-order valence-corrected chi connectivity index (χ1v) is 6.49. The molecule has 1 saturated heterocycles. The third-order valence-electron chi connectivity index (χ3n) is 3.09. The highest BCUT2D eigenvalue weighted by molar-refractivity contribution is 6.29. The van der Waals surface area contributed by atoms with Gasteiger partial charge in [-0.1, -0.05) is 11.6 Å². The SMILES string of the molecule is CN(Cc1ccc(Cl)nn1)CC1CCCNC1. The quantitative estimate of drug-likeness (QED) is 0.886. The Kier molecular flexibility index (Phi) is 4.71. The number of hydrogen-bond acceptors (Lipinski definition) is 4. The first kappa shape index (κ1) is 12.7. The minimum atomic E-state index is 0.452. The lowest BCUT2D eigenvalue weighted by Gasteiger charge is -2.27. The molecule has 0 aromatic carbocycles. The van der Waals surface area contributed by atoms with Crippen LogP contribution < -0.4 is 5.32 Å². The predicted molar refractivity (Wildman–Crippen MR) is 69.0 cm³/mol. The maximum absolute atomic E-state index is 5.71. The van der Waals surface area contributed by atoms with Crippen molar-refractivity contribution in [1.82, 2.24) is 20.4 Å². The van der Waals surface area contributed by atoms with E-state index in [2.05, 4.69) is 27.5 Å². The second-order valence-electron chi connectivity index (χ2n) is 4.76. The van der Waals surface area contributed by atoms with Crippen LogP contribution in [0.2, 0.25) is 5.15 Å². The third kappa shape index (κ3) is 4.22. The van der Waals surface area contributed by atoms with Crippen LogP contribution in [0.15, 0.2) is 12.1 Å². The fourth-order valence-electron chi connectivity index (χ4n) is 2.29. The van der Waals surface area contributed by atoms with E-state index in [4.69, 9.17) is 11.6 Å². The molecule has 0 radical (unpaired) electrons. The van der Waals surface area contributed by atoms with E-state index in [0.29, 0.717) is 5.15 Å². The summed E-state index contributed by atoms with van der Waals surface area (Å²) >= 11 is 5.71. The van der Waals surface area contributed by atoms with Crippen molar-refractivity contribution >= 4 is 11.6 Å². The smallest absolute Gasteiger partial charge is 0.151 e. The topological polar surface area (TPSA) is 41.1 Å². The van der Waals surface area contributed by atoms with Crippen LogP contribution in [0.4, 0.5) is 0 Å². The molecular formula is C12H19ClN4. The van der Waals surface area contributed by atoms with Crippen molar-refractivity contribution < 1.29 is 0 Å². The van der Waals surface area contributed by atoms with E-state index in [9.17, 15) is 0 Å². The lowest BCUT2D eigenvalue weighted by atomic mass is 9.99. The number of nitrogens with one attached hydrogen (secondary N) is 1. The van der Waals surface area contributed by atoms with Crippen LogP contribution in [0.3, 0.4) is 0 Å². The summed E-state index contributed by atoms with van der Waals surface area (Å²) in [5, 5.41) is 11.8. The molecule has 0 spiro atoms. The summed E-state index contributed by atoms with van der Waals surface area (Å²) in [6.07, 6.45) is 2.61. The predicted octanol–water partition coefficient (Wildman–Crippen LogP) is 1.56. The molecular weight excluding hydrogens is 236 g/mol. The monoisotopic (exact) mass is 254 g/mol. The van der Waals surface area contributed by atoms with Crippen molar-refractivity contribution in [3.63, 3.8) is 0 Å². The largest absolute Gasteiger partial charge is 0.316 e. The van der Waals surface area contributed by atoms with Crippen LogP contribution >= 0.6 is 11.6 Å². The van der Waals surface area contributed by atoms with Crippen molar-refractivity contribution in [2.24, 2.45) is 5.92 Å². The van der Waals surface area contributed by atoms with E-state index >= 15 is 0 Å². The van der Waals surface area contributed by atoms with Gasteiger partial charge in [0.25, 0.3) is 0 Å². The van der Waals surface area contributed by atoms with Crippen LogP contribution in [0, 0.1) is 5.92 Å². The Morgan fingerprint density at radius 2 is 2.35 bits per heavy atom. The average molecular weight is 255 g/mol. The summed E-state index contributed by atoms with van der Waals surface area (Å²) in [5.74, 6) is 0.758. The van der Waals surface area contributed by atoms with Gasteiger partial charge >= 0.3 is 0 Å². The number of nitrogens with zero attached hydrogens (tertiary/aromatic N) is 3. The van der Waals surface area contributed by atoms with E-state index in [1.165, 1.54) is 19.4 Å². The minimum absolute atomic E-state index is 0.452. The van der Waals surface area contributed by atoms with Crippen LogP contribution in [0.25, 0.3) is 0 Å². The maximum atomic E-state index is 5.71. The second-order valence-corrected chi connectivity index (χ2v) is 5.14. The molecule has 5 heteroatoms. The normalized spacial score (nSPS) is 20.8. The highest BCUT2D eigenvalue weighted by Crippen LogP contribution is 2.12. The van der Waals surface area contributed by atoms with Gasteiger partial charge in [-0.25, -0.2) is 0 Å². The van der Waals surface area contributed by atoms with Gasteiger partial charge in [0, 0.05) is 13.1 Å². The molecule has 1 aromatic heterocycles. The molecule has 2 heterocycles. The van der Waals surface area contributed by atoms with E-state index in [-0.39, 0.29) is 0 Å². The molecule has 0 amide bonds. The molecule has 1 fully saturated rings. The number of aromatic nitrogens is 2. The van der Waals surface area contributed by atoms with E-state index in [1.807, 2.05) is 6.07 Å². The molecule has 94 valence electrons. The van der Waals surface area contributed by atoms with Gasteiger partial charge in [-0.2, -0.15) is 5.10 Å². The minimum Gasteiger partial charge on any atom is -0.316 e. The Labute approximate surface area is 107 Å². The average Bonchev–Trinajstić information content (AvgIpc) is 2.33. The zero-order valence-corrected chi connectivity index (χ0v) is 11.0. The summed E-state index contributed by atoms with van der Waals surface area (Å²) in [7, 11) is 2.13. The molecule has 1 aliphatic heterocycles. The van der Waals surface area contributed by atoms with Gasteiger partial charge in [0.15, 0.2) is 5.15 Å². The number of piperidine rings is 1. The van der Waals surface area contributed by atoms with Gasteiger partial charge < -0.3 is 10.2 Å². The van der Waals surface area contributed by atoms with Gasteiger partial charge in [0.05, 0.1) is 5.69 Å². The lowest BCUT2D eigenvalue weighted by Crippen LogP contribution is -2.36. The van der Waals surface area contributed by atoms with Gasteiger partial charge in [-0.15, -0.1) is 5.10 Å². The standard InChI is InChI=1S/C12H19ClN4/c1-17(8-10-3-2-6-14-7-10)9-11-4-5-12(13)16-15-11/h4-5,10,14H,2-3,6-9H2,1H3. The molecule has 1 unspecified atom stereocenters. The summed E-state index contributed by atoms with van der Waals surface area (Å²) in [4.78, 5) is 2.30. The van der Waals surface area contributed by atoms with Crippen molar-refractivity contribution in [3.8, 4) is 0 Å². The summed E-state index contributed by atoms with van der Waals surface area (Å²) in [6, 6.07) is 3.73. The van der Waals surface area contributed by atoms with Crippen molar-refractivity contribution in [2.75, 3.05) is 26.7 Å². The van der Waals surface area contributed by atoms with Gasteiger partial charge in [-0.05, 0) is 51.0 Å². The van der Waals surface area contributed by atoms with Crippen LogP contribution in [-0.2, 0) is 6.54 Å². The Morgan fingerprint density at radius 1 is 1.47 bits per heavy atom. The fourth-order valence-corrected chi connectivity index (χ4v) is 2.39. The molecule has 0 saturated carbocycles. The Bertz CT molecular complexity index is 335. The molecule has 1 N–H and O–H groups in total. The molecule has 17 heavy (non-hydrogen) atoms. The van der Waals surface area contributed by atoms with E-state index in [0.717, 1.165) is 31.2 Å². The molecule has 1 aromatic rings. The molecule has 1 aliphatic rings. The highest BCUT2D eigenvalue weighted by atomic mass is 35.5.